The molecule has 0 atom stereocenters. The molecule has 0 N–H and O–H groups in total. The first-order chi connectivity index (χ1) is 7.13. The predicted octanol–water partition coefficient (Wildman–Crippen LogP) is 3.05. The summed E-state index contributed by atoms with van der Waals surface area (Å²) in [5, 5.41) is 1.01. The Morgan fingerprint density at radius 3 is 2.47 bits per heavy atom. The van der Waals surface area contributed by atoms with E-state index in [4.69, 9.17) is 4.74 Å². The Labute approximate surface area is 95.8 Å². The first-order valence-corrected chi connectivity index (χ1v) is 6.03. The van der Waals surface area contributed by atoms with Crippen molar-refractivity contribution in [3.8, 4) is 5.75 Å². The lowest BCUT2D eigenvalue weighted by atomic mass is 10.1. The molecule has 3 heteroatoms. The molecule has 0 amide bonds. The van der Waals surface area contributed by atoms with Crippen LogP contribution in [0.15, 0.2) is 17.1 Å². The summed E-state index contributed by atoms with van der Waals surface area (Å²) >= 11 is 1.64. The number of rotatable bonds is 2. The molecule has 0 unspecified atom stereocenters. The highest BCUT2D eigenvalue weighted by Crippen LogP contribution is 2.28. The third kappa shape index (κ3) is 2.53. The second kappa shape index (κ2) is 5.21. The van der Waals surface area contributed by atoms with Crippen molar-refractivity contribution < 1.29 is 4.74 Å². The highest BCUT2D eigenvalue weighted by molar-refractivity contribution is 8.13. The van der Waals surface area contributed by atoms with Gasteiger partial charge >= 0.3 is 0 Å². The maximum Gasteiger partial charge on any atom is 0.131 e. The lowest BCUT2D eigenvalue weighted by Gasteiger charge is -2.13. The molecule has 82 valence electrons. The molecule has 0 fully saturated rings. The van der Waals surface area contributed by atoms with Gasteiger partial charge in [0.15, 0.2) is 0 Å². The molecule has 0 aliphatic rings. The van der Waals surface area contributed by atoms with Gasteiger partial charge in [-0.2, -0.15) is 0 Å². The smallest absolute Gasteiger partial charge is 0.131 e. The Balaban J connectivity index is 3.38. The van der Waals surface area contributed by atoms with Crippen LogP contribution in [0.2, 0.25) is 0 Å². The molecule has 0 saturated carbocycles. The van der Waals surface area contributed by atoms with Gasteiger partial charge in [-0.15, -0.1) is 11.8 Å². The first-order valence-electron chi connectivity index (χ1n) is 4.80. The second-order valence-electron chi connectivity index (χ2n) is 3.40. The van der Waals surface area contributed by atoms with Crippen LogP contribution in [0.25, 0.3) is 0 Å². The maximum atomic E-state index is 5.42. The molecule has 1 rings (SSSR count). The van der Waals surface area contributed by atoms with Crippen LogP contribution in [-0.2, 0) is 0 Å². The van der Waals surface area contributed by atoms with Gasteiger partial charge < -0.3 is 4.74 Å². The van der Waals surface area contributed by atoms with E-state index in [1.807, 2.05) is 13.3 Å². The quantitative estimate of drug-likeness (QED) is 0.568. The zero-order chi connectivity index (χ0) is 11.4. The molecule has 0 radical (unpaired) electrons. The zero-order valence-electron chi connectivity index (χ0n) is 9.92. The lowest BCUT2D eigenvalue weighted by molar-refractivity contribution is 0.411. The molecule has 0 aliphatic heterocycles. The van der Waals surface area contributed by atoms with E-state index in [1.54, 1.807) is 18.9 Å². The van der Waals surface area contributed by atoms with Crippen molar-refractivity contribution in [2.24, 2.45) is 4.99 Å². The molecule has 0 heterocycles. The van der Waals surface area contributed by atoms with Crippen LogP contribution >= 0.6 is 11.8 Å². The van der Waals surface area contributed by atoms with E-state index in [0.29, 0.717) is 0 Å². The molecule has 0 aliphatic carbocycles. The largest absolute Gasteiger partial charge is 0.496 e. The van der Waals surface area contributed by atoms with E-state index in [1.165, 1.54) is 5.56 Å². The Kier molecular flexibility index (Phi) is 4.21. The summed E-state index contributed by atoms with van der Waals surface area (Å²) in [6.45, 7) is 4.15. The van der Waals surface area contributed by atoms with Gasteiger partial charge in [0.2, 0.25) is 0 Å². The Morgan fingerprint density at radius 1 is 1.33 bits per heavy atom. The molecule has 0 spiro atoms. The minimum Gasteiger partial charge on any atom is -0.496 e. The number of hydrogen-bond donors (Lipinski definition) is 0. The summed E-state index contributed by atoms with van der Waals surface area (Å²) in [5.74, 6) is 0.926. The Morgan fingerprint density at radius 2 is 2.00 bits per heavy atom. The average Bonchev–Trinajstić information content (AvgIpc) is 2.19. The summed E-state index contributed by atoms with van der Waals surface area (Å²) in [5.41, 5.74) is 3.48. The molecule has 15 heavy (non-hydrogen) atoms. The van der Waals surface area contributed by atoms with Gasteiger partial charge in [0.1, 0.15) is 10.8 Å². The summed E-state index contributed by atoms with van der Waals surface area (Å²) in [6.07, 6.45) is 2.03. The minimum atomic E-state index is 0.926. The van der Waals surface area contributed by atoms with Crippen LogP contribution in [0.5, 0.6) is 5.75 Å². The number of aliphatic imine (C=N–C) groups is 1. The van der Waals surface area contributed by atoms with Crippen molar-refractivity contribution in [2.75, 3.05) is 20.4 Å². The topological polar surface area (TPSA) is 21.6 Å². The summed E-state index contributed by atoms with van der Waals surface area (Å²) in [4.78, 5) is 4.27. The number of aryl methyl sites for hydroxylation is 2. The monoisotopic (exact) mass is 223 g/mol. The lowest BCUT2D eigenvalue weighted by Crippen LogP contribution is -2.01. The fraction of sp³-hybridized carbons (Fsp3) is 0.417. The third-order valence-corrected chi connectivity index (χ3v) is 3.04. The maximum absolute atomic E-state index is 5.42. The van der Waals surface area contributed by atoms with Gasteiger partial charge in [-0.05, 0) is 37.3 Å². The molecule has 2 nitrogen and oxygen atoms in total. The number of benzene rings is 1. The summed E-state index contributed by atoms with van der Waals surface area (Å²) < 4.78 is 5.42. The van der Waals surface area contributed by atoms with Crippen LogP contribution in [0, 0.1) is 13.8 Å². The van der Waals surface area contributed by atoms with E-state index in [2.05, 4.69) is 31.0 Å². The first kappa shape index (κ1) is 12.1. The van der Waals surface area contributed by atoms with Gasteiger partial charge in [-0.25, -0.2) is 0 Å². The fourth-order valence-corrected chi connectivity index (χ4v) is 2.26. The van der Waals surface area contributed by atoms with Crippen molar-refractivity contribution in [1.82, 2.24) is 0 Å². The van der Waals surface area contributed by atoms with Crippen molar-refractivity contribution in [1.29, 1.82) is 0 Å². The average molecular weight is 223 g/mol. The standard InChI is InChI=1S/C12H17NOS/c1-8-6-9(2)11(14-4)10(7-8)12(13-3)15-5/h6-7H,1-5H3. The van der Waals surface area contributed by atoms with Crippen LogP contribution in [-0.4, -0.2) is 25.5 Å². The molecule has 0 aromatic heterocycles. The second-order valence-corrected chi connectivity index (χ2v) is 4.19. The Hall–Kier alpha value is -0.960. The number of thioether (sulfide) groups is 1. The summed E-state index contributed by atoms with van der Waals surface area (Å²) in [7, 11) is 3.51. The van der Waals surface area contributed by atoms with Crippen LogP contribution in [0.1, 0.15) is 16.7 Å². The van der Waals surface area contributed by atoms with E-state index < -0.39 is 0 Å². The van der Waals surface area contributed by atoms with E-state index in [9.17, 15) is 0 Å². The zero-order valence-corrected chi connectivity index (χ0v) is 10.7. The molecule has 0 bridgehead atoms. The van der Waals surface area contributed by atoms with Crippen LogP contribution in [0.4, 0.5) is 0 Å². The Bertz CT molecular complexity index is 385. The fourth-order valence-electron chi connectivity index (χ4n) is 1.71. The highest BCUT2D eigenvalue weighted by atomic mass is 32.2. The third-order valence-electron chi connectivity index (χ3n) is 2.25. The van der Waals surface area contributed by atoms with Gasteiger partial charge in [0.05, 0.1) is 7.11 Å². The highest BCUT2D eigenvalue weighted by Gasteiger charge is 2.11. The molecular formula is C12H17NOS. The van der Waals surface area contributed by atoms with Gasteiger partial charge in [-0.1, -0.05) is 6.07 Å². The number of hydrogen-bond acceptors (Lipinski definition) is 3. The van der Waals surface area contributed by atoms with E-state index >= 15 is 0 Å². The SMILES string of the molecule is CN=C(SC)c1cc(C)cc(C)c1OC. The molecule has 1 aromatic carbocycles. The normalized spacial score (nSPS) is 11.7. The van der Waals surface area contributed by atoms with Crippen molar-refractivity contribution in [2.45, 2.75) is 13.8 Å². The van der Waals surface area contributed by atoms with Crippen molar-refractivity contribution in [3.63, 3.8) is 0 Å². The van der Waals surface area contributed by atoms with Crippen LogP contribution < -0.4 is 4.74 Å². The van der Waals surface area contributed by atoms with Gasteiger partial charge in [0, 0.05) is 12.6 Å². The van der Waals surface area contributed by atoms with Crippen molar-refractivity contribution in [3.05, 3.63) is 28.8 Å². The van der Waals surface area contributed by atoms with Crippen molar-refractivity contribution >= 4 is 16.8 Å². The predicted molar refractivity (Wildman–Crippen MR) is 68.4 cm³/mol. The molecule has 1 aromatic rings. The minimum absolute atomic E-state index is 0.926. The number of ether oxygens (including phenoxy) is 1. The molecule has 0 saturated heterocycles. The van der Waals surface area contributed by atoms with E-state index in [-0.39, 0.29) is 0 Å². The number of nitrogens with zero attached hydrogens (tertiary/aromatic N) is 1. The number of methoxy groups -OCH3 is 1. The van der Waals surface area contributed by atoms with Crippen LogP contribution in [0.3, 0.4) is 0 Å². The van der Waals surface area contributed by atoms with Gasteiger partial charge in [-0.3, -0.25) is 4.99 Å². The van der Waals surface area contributed by atoms with Gasteiger partial charge in [0.25, 0.3) is 0 Å². The van der Waals surface area contributed by atoms with E-state index in [0.717, 1.165) is 21.9 Å². The molecular weight excluding hydrogens is 206 g/mol. The summed E-state index contributed by atoms with van der Waals surface area (Å²) in [6, 6.07) is 4.24.